The van der Waals surface area contributed by atoms with Gasteiger partial charge in [-0.3, -0.25) is 9.63 Å². The van der Waals surface area contributed by atoms with Crippen molar-refractivity contribution in [3.05, 3.63) is 29.8 Å². The number of rotatable bonds is 4. The van der Waals surface area contributed by atoms with E-state index >= 15 is 0 Å². The van der Waals surface area contributed by atoms with Crippen LogP contribution in [0.5, 0.6) is 0 Å². The highest BCUT2D eigenvalue weighted by atomic mass is 32.2. The molecule has 88 valence electrons. The Morgan fingerprint density at radius 3 is 2.44 bits per heavy atom. The summed E-state index contributed by atoms with van der Waals surface area (Å²) in [6.45, 7) is 1.32. The number of hydrogen-bond acceptors (Lipinski definition) is 5. The summed E-state index contributed by atoms with van der Waals surface area (Å²) >= 11 is 0. The van der Waals surface area contributed by atoms with E-state index in [0.717, 1.165) is 5.56 Å². The maximum Gasteiger partial charge on any atom is 0.264 e. The van der Waals surface area contributed by atoms with Gasteiger partial charge < -0.3 is 0 Å². The first kappa shape index (κ1) is 12.6. The minimum Gasteiger partial charge on any atom is -0.295 e. The number of amides is 1. The lowest BCUT2D eigenvalue weighted by Crippen LogP contribution is -2.34. The zero-order valence-corrected chi connectivity index (χ0v) is 9.45. The SMILES string of the molecule is Cc1ccc(S(=O)(=O)NC(=O)CON)cc1. The van der Waals surface area contributed by atoms with Crippen molar-refractivity contribution in [2.24, 2.45) is 5.90 Å². The lowest BCUT2D eigenvalue weighted by atomic mass is 10.2. The molecule has 1 aromatic rings. The van der Waals surface area contributed by atoms with Crippen LogP contribution in [0.15, 0.2) is 29.2 Å². The van der Waals surface area contributed by atoms with Crippen molar-refractivity contribution in [3.63, 3.8) is 0 Å². The zero-order valence-electron chi connectivity index (χ0n) is 8.64. The van der Waals surface area contributed by atoms with E-state index in [-0.39, 0.29) is 4.90 Å². The number of hydrogen-bond donors (Lipinski definition) is 2. The second-order valence-corrected chi connectivity index (χ2v) is 4.84. The molecule has 7 heteroatoms. The third-order valence-corrected chi connectivity index (χ3v) is 3.18. The van der Waals surface area contributed by atoms with E-state index in [1.807, 2.05) is 11.6 Å². The van der Waals surface area contributed by atoms with Crippen LogP contribution >= 0.6 is 0 Å². The van der Waals surface area contributed by atoms with Crippen LogP contribution in [-0.4, -0.2) is 20.9 Å². The van der Waals surface area contributed by atoms with Crippen LogP contribution in [0.3, 0.4) is 0 Å². The predicted molar refractivity (Wildman–Crippen MR) is 56.6 cm³/mol. The number of carbonyl (C=O) groups is 1. The fourth-order valence-corrected chi connectivity index (χ4v) is 2.00. The summed E-state index contributed by atoms with van der Waals surface area (Å²) in [6.07, 6.45) is 0. The molecule has 1 amide bonds. The van der Waals surface area contributed by atoms with Crippen molar-refractivity contribution in [2.45, 2.75) is 11.8 Å². The minimum atomic E-state index is -3.83. The monoisotopic (exact) mass is 244 g/mol. The molecule has 0 heterocycles. The fourth-order valence-electron chi connectivity index (χ4n) is 1.03. The highest BCUT2D eigenvalue weighted by Crippen LogP contribution is 2.09. The van der Waals surface area contributed by atoms with Crippen LogP contribution in [0, 0.1) is 6.92 Å². The van der Waals surface area contributed by atoms with Gasteiger partial charge in [-0.1, -0.05) is 17.7 Å². The third-order valence-electron chi connectivity index (χ3n) is 1.79. The van der Waals surface area contributed by atoms with Gasteiger partial charge >= 0.3 is 0 Å². The van der Waals surface area contributed by atoms with Crippen molar-refractivity contribution >= 4 is 15.9 Å². The van der Waals surface area contributed by atoms with Crippen molar-refractivity contribution in [1.82, 2.24) is 4.72 Å². The van der Waals surface area contributed by atoms with E-state index in [1.54, 1.807) is 12.1 Å². The van der Waals surface area contributed by atoms with Crippen LogP contribution in [0.2, 0.25) is 0 Å². The third kappa shape index (κ3) is 3.30. The zero-order chi connectivity index (χ0) is 12.2. The molecular formula is C9H12N2O4S. The van der Waals surface area contributed by atoms with E-state index in [2.05, 4.69) is 10.7 Å². The molecule has 6 nitrogen and oxygen atoms in total. The lowest BCUT2D eigenvalue weighted by Gasteiger charge is -2.06. The molecule has 16 heavy (non-hydrogen) atoms. The molecule has 1 rings (SSSR count). The Morgan fingerprint density at radius 1 is 1.38 bits per heavy atom. The largest absolute Gasteiger partial charge is 0.295 e. The molecule has 0 atom stereocenters. The second kappa shape index (κ2) is 5.06. The first-order chi connectivity index (χ1) is 7.45. The average molecular weight is 244 g/mol. The molecular weight excluding hydrogens is 232 g/mol. The highest BCUT2D eigenvalue weighted by Gasteiger charge is 2.16. The first-order valence-corrected chi connectivity index (χ1v) is 5.88. The molecule has 0 spiro atoms. The summed E-state index contributed by atoms with van der Waals surface area (Å²) < 4.78 is 25.0. The number of sulfonamides is 1. The fraction of sp³-hybridized carbons (Fsp3) is 0.222. The summed E-state index contributed by atoms with van der Waals surface area (Å²) in [5.41, 5.74) is 0.926. The Bertz CT molecular complexity index is 467. The molecule has 0 aliphatic heterocycles. The van der Waals surface area contributed by atoms with Crippen LogP contribution in [0.25, 0.3) is 0 Å². The van der Waals surface area contributed by atoms with Crippen LogP contribution in [0.1, 0.15) is 5.56 Å². The topological polar surface area (TPSA) is 98.5 Å². The highest BCUT2D eigenvalue weighted by molar-refractivity contribution is 7.90. The Labute approximate surface area is 93.4 Å². The van der Waals surface area contributed by atoms with Gasteiger partial charge in [0.25, 0.3) is 15.9 Å². The van der Waals surface area contributed by atoms with E-state index < -0.39 is 22.5 Å². The summed E-state index contributed by atoms with van der Waals surface area (Å²) in [4.78, 5) is 15.0. The quantitative estimate of drug-likeness (QED) is 0.708. The molecule has 0 aromatic heterocycles. The number of aryl methyl sites for hydroxylation is 1. The number of benzene rings is 1. The Balaban J connectivity index is 2.86. The first-order valence-electron chi connectivity index (χ1n) is 4.40. The van der Waals surface area contributed by atoms with Gasteiger partial charge in [0.1, 0.15) is 6.61 Å². The van der Waals surface area contributed by atoms with Crippen molar-refractivity contribution in [3.8, 4) is 0 Å². The van der Waals surface area contributed by atoms with Gasteiger partial charge in [-0.05, 0) is 19.1 Å². The van der Waals surface area contributed by atoms with Gasteiger partial charge in [0.2, 0.25) is 0 Å². The van der Waals surface area contributed by atoms with E-state index in [1.165, 1.54) is 12.1 Å². The summed E-state index contributed by atoms with van der Waals surface area (Å²) in [7, 11) is -3.83. The van der Waals surface area contributed by atoms with Gasteiger partial charge in [-0.2, -0.15) is 0 Å². The lowest BCUT2D eigenvalue weighted by molar-refractivity contribution is -0.123. The molecule has 0 saturated carbocycles. The molecule has 0 unspecified atom stereocenters. The number of nitrogens with one attached hydrogen (secondary N) is 1. The molecule has 0 aliphatic carbocycles. The molecule has 0 bridgehead atoms. The van der Waals surface area contributed by atoms with Crippen LogP contribution in [0.4, 0.5) is 0 Å². The van der Waals surface area contributed by atoms with Crippen LogP contribution < -0.4 is 10.6 Å². The Kier molecular flexibility index (Phi) is 3.99. The summed E-state index contributed by atoms with van der Waals surface area (Å²) in [5, 5.41) is 0. The van der Waals surface area contributed by atoms with Crippen molar-refractivity contribution in [1.29, 1.82) is 0 Å². The Morgan fingerprint density at radius 2 is 1.94 bits per heavy atom. The molecule has 0 saturated heterocycles. The van der Waals surface area contributed by atoms with Crippen LogP contribution in [-0.2, 0) is 19.7 Å². The maximum absolute atomic E-state index is 11.6. The van der Waals surface area contributed by atoms with E-state index in [0.29, 0.717) is 0 Å². The number of nitrogens with two attached hydrogens (primary N) is 1. The second-order valence-electron chi connectivity index (χ2n) is 3.15. The maximum atomic E-state index is 11.6. The average Bonchev–Trinajstić information content (AvgIpc) is 2.17. The Hall–Kier alpha value is -1.44. The van der Waals surface area contributed by atoms with Gasteiger partial charge in [-0.25, -0.2) is 19.0 Å². The van der Waals surface area contributed by atoms with Crippen molar-refractivity contribution in [2.75, 3.05) is 6.61 Å². The molecule has 3 N–H and O–H groups in total. The van der Waals surface area contributed by atoms with E-state index in [4.69, 9.17) is 0 Å². The summed E-state index contributed by atoms with van der Waals surface area (Å²) in [6, 6.07) is 6.10. The van der Waals surface area contributed by atoms with Gasteiger partial charge in [0, 0.05) is 0 Å². The molecule has 1 aromatic carbocycles. The van der Waals surface area contributed by atoms with Gasteiger partial charge in [-0.15, -0.1) is 0 Å². The van der Waals surface area contributed by atoms with Crippen molar-refractivity contribution < 1.29 is 18.0 Å². The molecule has 0 fully saturated rings. The van der Waals surface area contributed by atoms with Gasteiger partial charge in [0.05, 0.1) is 4.90 Å². The predicted octanol–water partition coefficient (Wildman–Crippen LogP) is -0.310. The van der Waals surface area contributed by atoms with E-state index in [9.17, 15) is 13.2 Å². The molecule has 0 radical (unpaired) electrons. The number of carbonyl (C=O) groups excluding carboxylic acids is 1. The smallest absolute Gasteiger partial charge is 0.264 e. The summed E-state index contributed by atoms with van der Waals surface area (Å²) in [5.74, 6) is 3.83. The van der Waals surface area contributed by atoms with Gasteiger partial charge in [0.15, 0.2) is 0 Å². The normalized spacial score (nSPS) is 11.1. The minimum absolute atomic E-state index is 0.0171. The standard InChI is InChI=1S/C9H12N2O4S/c1-7-2-4-8(5-3-7)16(13,14)11-9(12)6-15-10/h2-5H,6,10H2,1H3,(H,11,12). The molecule has 0 aliphatic rings.